The van der Waals surface area contributed by atoms with Gasteiger partial charge in [-0.25, -0.2) is 0 Å². The average molecular weight is 363 g/mol. The minimum atomic E-state index is 0.200. The van der Waals surface area contributed by atoms with Crippen molar-refractivity contribution in [1.29, 1.82) is 0 Å². The molecule has 3 aromatic rings. The van der Waals surface area contributed by atoms with E-state index < -0.39 is 0 Å². The summed E-state index contributed by atoms with van der Waals surface area (Å²) >= 11 is 0. The van der Waals surface area contributed by atoms with Crippen LogP contribution >= 0.6 is 0 Å². The van der Waals surface area contributed by atoms with E-state index in [0.717, 1.165) is 47.3 Å². The molecule has 0 amide bonds. The van der Waals surface area contributed by atoms with Crippen molar-refractivity contribution < 1.29 is 9.53 Å². The highest BCUT2D eigenvalue weighted by Gasteiger charge is 2.39. The van der Waals surface area contributed by atoms with Crippen LogP contribution in [0.5, 0.6) is 0 Å². The molecule has 2 fully saturated rings. The zero-order chi connectivity index (χ0) is 18.4. The Balaban J connectivity index is 1.33. The molecule has 2 bridgehead atoms. The van der Waals surface area contributed by atoms with Crippen molar-refractivity contribution in [3.63, 3.8) is 0 Å². The molecule has 0 aliphatic carbocycles. The van der Waals surface area contributed by atoms with Crippen LogP contribution in [0.2, 0.25) is 0 Å². The molecule has 2 atom stereocenters. The number of hydrogen-bond donors (Lipinski definition) is 0. The van der Waals surface area contributed by atoms with Gasteiger partial charge in [-0.05, 0) is 18.6 Å². The molecule has 5 heterocycles. The van der Waals surface area contributed by atoms with E-state index in [0.29, 0.717) is 25.1 Å². The van der Waals surface area contributed by atoms with Crippen molar-refractivity contribution in [2.24, 2.45) is 7.05 Å². The maximum Gasteiger partial charge on any atom is 0.152 e. The molecule has 0 radical (unpaired) electrons. The lowest BCUT2D eigenvalue weighted by Gasteiger charge is -2.25. The van der Waals surface area contributed by atoms with Gasteiger partial charge in [0.25, 0.3) is 0 Å². The molecule has 3 aromatic heterocycles. The Hall–Kier alpha value is -2.64. The van der Waals surface area contributed by atoms with Crippen molar-refractivity contribution in [3.8, 4) is 11.1 Å². The molecule has 0 spiro atoms. The van der Waals surface area contributed by atoms with E-state index in [1.807, 2.05) is 31.7 Å². The highest BCUT2D eigenvalue weighted by molar-refractivity contribution is 5.86. The first-order valence-electron chi connectivity index (χ1n) is 9.25. The summed E-state index contributed by atoms with van der Waals surface area (Å²) in [6.07, 6.45) is 9.08. The van der Waals surface area contributed by atoms with Crippen LogP contribution in [-0.4, -0.2) is 62.3 Å². The minimum absolute atomic E-state index is 0.200. The van der Waals surface area contributed by atoms with Gasteiger partial charge >= 0.3 is 0 Å². The predicted octanol–water partition coefficient (Wildman–Crippen LogP) is 1.61. The number of morpholine rings is 1. The lowest BCUT2D eigenvalue weighted by atomic mass is 10.1. The van der Waals surface area contributed by atoms with Crippen LogP contribution < -0.4 is 0 Å². The second-order valence-electron chi connectivity index (χ2n) is 7.48. The highest BCUT2D eigenvalue weighted by Crippen LogP contribution is 2.27. The van der Waals surface area contributed by atoms with Crippen molar-refractivity contribution in [2.45, 2.75) is 25.0 Å². The number of aryl methyl sites for hydroxylation is 1. The zero-order valence-corrected chi connectivity index (χ0v) is 15.2. The summed E-state index contributed by atoms with van der Waals surface area (Å²) in [5, 5.41) is 5.20. The Bertz CT molecular complexity index is 1010. The van der Waals surface area contributed by atoms with E-state index in [4.69, 9.17) is 4.74 Å². The van der Waals surface area contributed by atoms with Gasteiger partial charge in [0.15, 0.2) is 5.78 Å². The SMILES string of the molecule is Cn1cc(-c2cnc3cnc(CC(=O)CN4C[C@H]5C[C@@H]4CO5)cc3c2)cn1. The molecule has 7 heteroatoms. The highest BCUT2D eigenvalue weighted by atomic mass is 16.5. The van der Waals surface area contributed by atoms with Crippen LogP contribution in [0.25, 0.3) is 22.0 Å². The number of carbonyl (C=O) groups excluding carboxylic acids is 1. The van der Waals surface area contributed by atoms with Crippen molar-refractivity contribution in [1.82, 2.24) is 24.6 Å². The summed E-state index contributed by atoms with van der Waals surface area (Å²) in [4.78, 5) is 23.7. The number of Topliss-reactive ketones (excluding diaryl/α,β-unsaturated/α-hetero) is 1. The smallest absolute Gasteiger partial charge is 0.152 e. The Kier molecular flexibility index (Phi) is 3.98. The Morgan fingerprint density at radius 3 is 2.89 bits per heavy atom. The van der Waals surface area contributed by atoms with E-state index >= 15 is 0 Å². The number of likely N-dealkylation sites (tertiary alicyclic amines) is 1. The van der Waals surface area contributed by atoms with Crippen LogP contribution in [0.15, 0.2) is 36.9 Å². The van der Waals surface area contributed by atoms with Gasteiger partial charge in [0.2, 0.25) is 0 Å². The molecule has 7 nitrogen and oxygen atoms in total. The molecular weight excluding hydrogens is 342 g/mol. The zero-order valence-electron chi connectivity index (χ0n) is 15.2. The average Bonchev–Trinajstić information content (AvgIpc) is 3.38. The Morgan fingerprint density at radius 2 is 2.15 bits per heavy atom. The summed E-state index contributed by atoms with van der Waals surface area (Å²) < 4.78 is 7.37. The van der Waals surface area contributed by atoms with Crippen LogP contribution in [-0.2, 0) is 23.0 Å². The van der Waals surface area contributed by atoms with Crippen LogP contribution in [0.3, 0.4) is 0 Å². The fourth-order valence-electron chi connectivity index (χ4n) is 4.06. The molecule has 0 saturated carbocycles. The molecule has 5 rings (SSSR count). The Labute approximate surface area is 157 Å². The first kappa shape index (κ1) is 16.5. The maximum atomic E-state index is 12.5. The fourth-order valence-corrected chi connectivity index (χ4v) is 4.06. The third-order valence-electron chi connectivity index (χ3n) is 5.43. The van der Waals surface area contributed by atoms with Crippen molar-refractivity contribution >= 4 is 16.7 Å². The van der Waals surface area contributed by atoms with Crippen molar-refractivity contribution in [2.75, 3.05) is 19.7 Å². The summed E-state index contributed by atoms with van der Waals surface area (Å²) in [5.41, 5.74) is 3.64. The van der Waals surface area contributed by atoms with Gasteiger partial charge in [-0.1, -0.05) is 0 Å². The number of aromatic nitrogens is 4. The van der Waals surface area contributed by atoms with Gasteiger partial charge < -0.3 is 4.74 Å². The van der Waals surface area contributed by atoms with Gasteiger partial charge in [0.05, 0.1) is 43.6 Å². The fraction of sp³-hybridized carbons (Fsp3) is 0.400. The standard InChI is InChI=1S/C20H21N5O2/c1-24-9-15(7-23-24)14-2-13-3-16(21-8-20(13)22-6-14)4-18(26)10-25-11-19-5-17(25)12-27-19/h2-3,6-9,17,19H,4-5,10-12H2,1H3/t17-,19-/m1/s1. The number of hydrogen-bond acceptors (Lipinski definition) is 6. The van der Waals surface area contributed by atoms with Crippen LogP contribution in [0.1, 0.15) is 12.1 Å². The largest absolute Gasteiger partial charge is 0.375 e. The van der Waals surface area contributed by atoms with Gasteiger partial charge in [0.1, 0.15) is 0 Å². The molecule has 2 aliphatic rings. The molecule has 0 N–H and O–H groups in total. The molecule has 0 unspecified atom stereocenters. The van der Waals surface area contributed by atoms with E-state index in [1.165, 1.54) is 0 Å². The molecular formula is C20H21N5O2. The van der Waals surface area contributed by atoms with Gasteiger partial charge in [0, 0.05) is 54.2 Å². The quantitative estimate of drug-likeness (QED) is 0.686. The summed E-state index contributed by atoms with van der Waals surface area (Å²) in [5.74, 6) is 0.200. The monoisotopic (exact) mass is 363 g/mol. The predicted molar refractivity (Wildman–Crippen MR) is 100 cm³/mol. The molecule has 0 aromatic carbocycles. The third kappa shape index (κ3) is 3.24. The normalized spacial score (nSPS) is 22.0. The third-order valence-corrected chi connectivity index (χ3v) is 5.43. The number of fused-ring (bicyclic) bond motifs is 3. The van der Waals surface area contributed by atoms with E-state index in [2.05, 4.69) is 26.0 Å². The van der Waals surface area contributed by atoms with Gasteiger partial charge in [-0.3, -0.25) is 24.3 Å². The van der Waals surface area contributed by atoms with Gasteiger partial charge in [-0.15, -0.1) is 0 Å². The second kappa shape index (κ2) is 6.51. The summed E-state index contributed by atoms with van der Waals surface area (Å²) in [6.45, 7) is 2.12. The van der Waals surface area contributed by atoms with Gasteiger partial charge in [-0.2, -0.15) is 5.10 Å². The topological polar surface area (TPSA) is 73.1 Å². The Morgan fingerprint density at radius 1 is 1.22 bits per heavy atom. The lowest BCUT2D eigenvalue weighted by Crippen LogP contribution is -2.40. The first-order chi connectivity index (χ1) is 13.1. The summed E-state index contributed by atoms with van der Waals surface area (Å²) in [7, 11) is 1.89. The molecule has 2 aliphatic heterocycles. The first-order valence-corrected chi connectivity index (χ1v) is 9.25. The van der Waals surface area contributed by atoms with Crippen LogP contribution in [0, 0.1) is 0 Å². The van der Waals surface area contributed by atoms with E-state index in [9.17, 15) is 4.79 Å². The maximum absolute atomic E-state index is 12.5. The van der Waals surface area contributed by atoms with E-state index in [-0.39, 0.29) is 5.78 Å². The number of ether oxygens (including phenoxy) is 1. The number of nitrogens with zero attached hydrogens (tertiary/aromatic N) is 5. The van der Waals surface area contributed by atoms with Crippen molar-refractivity contribution in [3.05, 3.63) is 42.6 Å². The molecule has 27 heavy (non-hydrogen) atoms. The number of ketones is 1. The van der Waals surface area contributed by atoms with Crippen LogP contribution in [0.4, 0.5) is 0 Å². The molecule has 2 saturated heterocycles. The molecule has 138 valence electrons. The number of pyridine rings is 2. The number of rotatable bonds is 5. The van der Waals surface area contributed by atoms with E-state index in [1.54, 1.807) is 10.9 Å². The lowest BCUT2D eigenvalue weighted by molar-refractivity contribution is -0.120. The minimum Gasteiger partial charge on any atom is -0.375 e. The number of carbonyl (C=O) groups is 1. The summed E-state index contributed by atoms with van der Waals surface area (Å²) in [6, 6.07) is 4.46. The second-order valence-corrected chi connectivity index (χ2v) is 7.48.